The highest BCUT2D eigenvalue weighted by molar-refractivity contribution is 5.48. The molecule has 1 unspecified atom stereocenters. The molecule has 1 fully saturated rings. The molecular formula is C12H19N3O. The van der Waals surface area contributed by atoms with Crippen LogP contribution in [0, 0.1) is 0 Å². The van der Waals surface area contributed by atoms with Crippen molar-refractivity contribution in [3.63, 3.8) is 0 Å². The van der Waals surface area contributed by atoms with Crippen molar-refractivity contribution in [2.75, 3.05) is 18.1 Å². The number of nitrogens with zero attached hydrogens (tertiary/aromatic N) is 2. The highest BCUT2D eigenvalue weighted by Gasteiger charge is 2.24. The first-order chi connectivity index (χ1) is 7.86. The first kappa shape index (κ1) is 11.4. The number of nitrogens with two attached hydrogens (primary N) is 1. The standard InChI is InChI=1S/C12H19N3O/c13-8-10-4-3-6-14-12(10)15-7-2-1-5-11(15)9-16/h3-4,6,11,16H,1-2,5,7-9,13H2. The second-order valence-corrected chi connectivity index (χ2v) is 4.22. The predicted molar refractivity (Wildman–Crippen MR) is 64.2 cm³/mol. The minimum absolute atomic E-state index is 0.195. The Morgan fingerprint density at radius 2 is 2.38 bits per heavy atom. The van der Waals surface area contributed by atoms with Crippen LogP contribution in [0.15, 0.2) is 18.3 Å². The summed E-state index contributed by atoms with van der Waals surface area (Å²) in [5.74, 6) is 0.948. The van der Waals surface area contributed by atoms with Gasteiger partial charge in [0.15, 0.2) is 0 Å². The molecule has 4 heteroatoms. The Morgan fingerprint density at radius 3 is 3.12 bits per heavy atom. The van der Waals surface area contributed by atoms with Crippen LogP contribution >= 0.6 is 0 Å². The Bertz CT molecular complexity index is 343. The zero-order valence-corrected chi connectivity index (χ0v) is 9.47. The van der Waals surface area contributed by atoms with Crippen LogP contribution in [0.4, 0.5) is 5.82 Å². The number of anilines is 1. The summed E-state index contributed by atoms with van der Waals surface area (Å²) in [7, 11) is 0. The Morgan fingerprint density at radius 1 is 1.50 bits per heavy atom. The van der Waals surface area contributed by atoms with Crippen molar-refractivity contribution in [1.29, 1.82) is 0 Å². The van der Waals surface area contributed by atoms with Crippen molar-refractivity contribution in [1.82, 2.24) is 4.98 Å². The van der Waals surface area contributed by atoms with Gasteiger partial charge >= 0.3 is 0 Å². The molecule has 1 aliphatic rings. The largest absolute Gasteiger partial charge is 0.394 e. The zero-order valence-electron chi connectivity index (χ0n) is 9.47. The van der Waals surface area contributed by atoms with Gasteiger partial charge in [0.1, 0.15) is 5.82 Å². The monoisotopic (exact) mass is 221 g/mol. The highest BCUT2D eigenvalue weighted by Crippen LogP contribution is 2.25. The van der Waals surface area contributed by atoms with Gasteiger partial charge in [-0.05, 0) is 25.3 Å². The summed E-state index contributed by atoms with van der Waals surface area (Å²) >= 11 is 0. The normalized spacial score (nSPS) is 21.1. The fourth-order valence-electron chi connectivity index (χ4n) is 2.32. The summed E-state index contributed by atoms with van der Waals surface area (Å²) in [5.41, 5.74) is 6.77. The van der Waals surface area contributed by atoms with Gasteiger partial charge in [0.05, 0.1) is 12.6 Å². The summed E-state index contributed by atoms with van der Waals surface area (Å²) in [5, 5.41) is 9.39. The van der Waals surface area contributed by atoms with E-state index in [1.807, 2.05) is 12.1 Å². The lowest BCUT2D eigenvalue weighted by molar-refractivity contribution is 0.239. The smallest absolute Gasteiger partial charge is 0.133 e. The number of aliphatic hydroxyl groups is 1. The number of rotatable bonds is 3. The Hall–Kier alpha value is -1.13. The Balaban J connectivity index is 2.26. The van der Waals surface area contributed by atoms with E-state index in [4.69, 9.17) is 5.73 Å². The number of aromatic nitrogens is 1. The molecule has 1 atom stereocenters. The molecule has 0 spiro atoms. The topological polar surface area (TPSA) is 62.4 Å². The van der Waals surface area contributed by atoms with Crippen LogP contribution in [0.2, 0.25) is 0 Å². The van der Waals surface area contributed by atoms with Gasteiger partial charge in [0.2, 0.25) is 0 Å². The van der Waals surface area contributed by atoms with Crippen molar-refractivity contribution in [3.05, 3.63) is 23.9 Å². The molecule has 16 heavy (non-hydrogen) atoms. The van der Waals surface area contributed by atoms with Gasteiger partial charge in [-0.3, -0.25) is 0 Å². The third kappa shape index (κ3) is 2.18. The average molecular weight is 221 g/mol. The van der Waals surface area contributed by atoms with E-state index >= 15 is 0 Å². The SMILES string of the molecule is NCc1cccnc1N1CCCCC1CO. The molecule has 0 saturated carbocycles. The molecule has 0 aliphatic carbocycles. The second-order valence-electron chi connectivity index (χ2n) is 4.22. The molecule has 3 N–H and O–H groups in total. The van der Waals surface area contributed by atoms with Gasteiger partial charge in [-0.1, -0.05) is 6.07 Å². The van der Waals surface area contributed by atoms with Gasteiger partial charge < -0.3 is 15.7 Å². The first-order valence-corrected chi connectivity index (χ1v) is 5.88. The van der Waals surface area contributed by atoms with Gasteiger partial charge in [-0.2, -0.15) is 0 Å². The molecule has 0 radical (unpaired) electrons. The summed E-state index contributed by atoms with van der Waals surface area (Å²) < 4.78 is 0. The molecule has 0 bridgehead atoms. The van der Waals surface area contributed by atoms with E-state index in [-0.39, 0.29) is 12.6 Å². The third-order valence-electron chi connectivity index (χ3n) is 3.20. The van der Waals surface area contributed by atoms with E-state index in [1.165, 1.54) is 6.42 Å². The minimum atomic E-state index is 0.195. The highest BCUT2D eigenvalue weighted by atomic mass is 16.3. The van der Waals surface area contributed by atoms with Crippen LogP contribution in [0.1, 0.15) is 24.8 Å². The summed E-state index contributed by atoms with van der Waals surface area (Å²) in [6.07, 6.45) is 5.18. The minimum Gasteiger partial charge on any atom is -0.394 e. The lowest BCUT2D eigenvalue weighted by atomic mass is 10.0. The van der Waals surface area contributed by atoms with Crippen molar-refractivity contribution in [2.45, 2.75) is 31.8 Å². The van der Waals surface area contributed by atoms with E-state index in [0.29, 0.717) is 6.54 Å². The third-order valence-corrected chi connectivity index (χ3v) is 3.20. The Kier molecular flexibility index (Phi) is 3.74. The molecule has 4 nitrogen and oxygen atoms in total. The second kappa shape index (κ2) is 5.27. The van der Waals surface area contributed by atoms with Gasteiger partial charge in [-0.25, -0.2) is 4.98 Å². The molecule has 2 heterocycles. The van der Waals surface area contributed by atoms with Gasteiger partial charge in [0.25, 0.3) is 0 Å². The van der Waals surface area contributed by atoms with Gasteiger partial charge in [0, 0.05) is 24.8 Å². The van der Waals surface area contributed by atoms with Crippen LogP contribution in [0.5, 0.6) is 0 Å². The summed E-state index contributed by atoms with van der Waals surface area (Å²) in [4.78, 5) is 6.61. The summed E-state index contributed by atoms with van der Waals surface area (Å²) in [6, 6.07) is 4.11. The first-order valence-electron chi connectivity index (χ1n) is 5.88. The van der Waals surface area contributed by atoms with Crippen LogP contribution in [-0.2, 0) is 6.54 Å². The molecule has 1 aromatic rings. The van der Waals surface area contributed by atoms with Crippen molar-refractivity contribution < 1.29 is 5.11 Å². The quantitative estimate of drug-likeness (QED) is 0.795. The lowest BCUT2D eigenvalue weighted by Crippen LogP contribution is -2.43. The number of aliphatic hydroxyl groups excluding tert-OH is 1. The van der Waals surface area contributed by atoms with Crippen LogP contribution in [-0.4, -0.2) is 29.3 Å². The van der Waals surface area contributed by atoms with Crippen molar-refractivity contribution in [3.8, 4) is 0 Å². The number of piperidine rings is 1. The molecule has 1 saturated heterocycles. The molecule has 1 aromatic heterocycles. The van der Waals surface area contributed by atoms with Crippen LogP contribution < -0.4 is 10.6 Å². The van der Waals surface area contributed by atoms with E-state index < -0.39 is 0 Å². The average Bonchev–Trinajstić information content (AvgIpc) is 2.38. The molecule has 0 aromatic carbocycles. The van der Waals surface area contributed by atoms with Crippen LogP contribution in [0.3, 0.4) is 0 Å². The van der Waals surface area contributed by atoms with Crippen molar-refractivity contribution >= 4 is 5.82 Å². The van der Waals surface area contributed by atoms with Gasteiger partial charge in [-0.15, -0.1) is 0 Å². The molecule has 2 rings (SSSR count). The number of pyridine rings is 1. The van der Waals surface area contributed by atoms with Crippen molar-refractivity contribution in [2.24, 2.45) is 5.73 Å². The fourth-order valence-corrected chi connectivity index (χ4v) is 2.32. The maximum atomic E-state index is 9.39. The molecule has 0 amide bonds. The Labute approximate surface area is 96.1 Å². The molecule has 88 valence electrons. The zero-order chi connectivity index (χ0) is 11.4. The fraction of sp³-hybridized carbons (Fsp3) is 0.583. The van der Waals surface area contributed by atoms with E-state index in [0.717, 1.165) is 30.8 Å². The summed E-state index contributed by atoms with van der Waals surface area (Å²) in [6.45, 7) is 1.66. The molecular weight excluding hydrogens is 202 g/mol. The van der Waals surface area contributed by atoms with Crippen LogP contribution in [0.25, 0.3) is 0 Å². The predicted octanol–water partition coefficient (Wildman–Crippen LogP) is 0.891. The van der Waals surface area contributed by atoms with E-state index in [9.17, 15) is 5.11 Å². The number of hydrogen-bond acceptors (Lipinski definition) is 4. The molecule has 1 aliphatic heterocycles. The number of hydrogen-bond donors (Lipinski definition) is 2. The maximum absolute atomic E-state index is 9.39. The van der Waals surface area contributed by atoms with E-state index in [1.54, 1.807) is 6.20 Å². The lowest BCUT2D eigenvalue weighted by Gasteiger charge is -2.36. The maximum Gasteiger partial charge on any atom is 0.133 e. The van der Waals surface area contributed by atoms with E-state index in [2.05, 4.69) is 9.88 Å².